The summed E-state index contributed by atoms with van der Waals surface area (Å²) in [7, 11) is 0. The van der Waals surface area contributed by atoms with Gasteiger partial charge < -0.3 is 15.4 Å². The Morgan fingerprint density at radius 2 is 2.14 bits per heavy atom. The van der Waals surface area contributed by atoms with Crippen LogP contribution in [0.3, 0.4) is 0 Å². The second-order valence-electron chi connectivity index (χ2n) is 6.35. The zero-order valence-corrected chi connectivity index (χ0v) is 12.7. The quantitative estimate of drug-likeness (QED) is 0.848. The summed E-state index contributed by atoms with van der Waals surface area (Å²) < 4.78 is 18.8. The molecular formula is C17H23FN2O2. The average molecular weight is 306 g/mol. The second kappa shape index (κ2) is 6.65. The number of hydrogen-bond donors (Lipinski definition) is 1. The molecule has 120 valence electrons. The Hall–Kier alpha value is -1.62. The Labute approximate surface area is 130 Å². The summed E-state index contributed by atoms with van der Waals surface area (Å²) in [5, 5.41) is 0. The third-order valence-corrected chi connectivity index (χ3v) is 4.89. The molecule has 1 aliphatic heterocycles. The third-order valence-electron chi connectivity index (χ3n) is 4.89. The van der Waals surface area contributed by atoms with Gasteiger partial charge in [0.05, 0.1) is 6.61 Å². The van der Waals surface area contributed by atoms with Crippen LogP contribution in [0, 0.1) is 17.7 Å². The highest BCUT2D eigenvalue weighted by Crippen LogP contribution is 2.37. The Bertz CT molecular complexity index is 537. The van der Waals surface area contributed by atoms with Gasteiger partial charge in [-0.15, -0.1) is 0 Å². The van der Waals surface area contributed by atoms with Crippen LogP contribution < -0.4 is 10.5 Å². The molecule has 22 heavy (non-hydrogen) atoms. The maximum Gasteiger partial charge on any atom is 0.222 e. The number of rotatable bonds is 5. The molecule has 0 aromatic heterocycles. The number of fused-ring (bicyclic) bond motifs is 1. The molecule has 1 saturated carbocycles. The van der Waals surface area contributed by atoms with Crippen LogP contribution in [0.1, 0.15) is 25.7 Å². The summed E-state index contributed by atoms with van der Waals surface area (Å²) in [4.78, 5) is 14.2. The van der Waals surface area contributed by atoms with Gasteiger partial charge in [0.15, 0.2) is 11.6 Å². The number of carbonyl (C=O) groups is 1. The summed E-state index contributed by atoms with van der Waals surface area (Å²) in [6, 6.07) is 6.58. The summed E-state index contributed by atoms with van der Waals surface area (Å²) in [6.07, 6.45) is 3.29. The first-order valence-electron chi connectivity index (χ1n) is 8.06. The molecule has 0 spiro atoms. The van der Waals surface area contributed by atoms with Crippen molar-refractivity contribution in [1.29, 1.82) is 0 Å². The minimum absolute atomic E-state index is 0.165. The fourth-order valence-electron chi connectivity index (χ4n) is 3.64. The van der Waals surface area contributed by atoms with Gasteiger partial charge in [0.2, 0.25) is 5.91 Å². The van der Waals surface area contributed by atoms with E-state index in [2.05, 4.69) is 0 Å². The van der Waals surface area contributed by atoms with Crippen LogP contribution in [-0.4, -0.2) is 36.5 Å². The van der Waals surface area contributed by atoms with Crippen molar-refractivity contribution in [1.82, 2.24) is 4.90 Å². The van der Waals surface area contributed by atoms with Crippen molar-refractivity contribution < 1.29 is 13.9 Å². The van der Waals surface area contributed by atoms with Crippen molar-refractivity contribution >= 4 is 5.91 Å². The lowest BCUT2D eigenvalue weighted by atomic mass is 9.98. The molecule has 1 heterocycles. The average Bonchev–Trinajstić information content (AvgIpc) is 3.08. The van der Waals surface area contributed by atoms with Gasteiger partial charge in [-0.2, -0.15) is 0 Å². The lowest BCUT2D eigenvalue weighted by Crippen LogP contribution is -2.33. The number of benzene rings is 1. The Balaban J connectivity index is 1.39. The number of likely N-dealkylation sites (tertiary alicyclic amines) is 1. The molecular weight excluding hydrogens is 283 g/mol. The van der Waals surface area contributed by atoms with Crippen molar-refractivity contribution in [2.75, 3.05) is 19.7 Å². The fraction of sp³-hybridized carbons (Fsp3) is 0.588. The number of amides is 1. The number of nitrogens with zero attached hydrogens (tertiary/aromatic N) is 1. The van der Waals surface area contributed by atoms with E-state index in [-0.39, 0.29) is 23.5 Å². The van der Waals surface area contributed by atoms with E-state index in [0.29, 0.717) is 31.3 Å². The second-order valence-corrected chi connectivity index (χ2v) is 6.35. The van der Waals surface area contributed by atoms with Gasteiger partial charge in [0, 0.05) is 25.6 Å². The minimum Gasteiger partial charge on any atom is -0.491 e. The molecule has 1 aliphatic carbocycles. The minimum atomic E-state index is -0.366. The van der Waals surface area contributed by atoms with Gasteiger partial charge in [-0.1, -0.05) is 12.1 Å². The zero-order chi connectivity index (χ0) is 15.5. The first-order valence-corrected chi connectivity index (χ1v) is 8.06. The number of carbonyl (C=O) groups excluding carboxylic acids is 1. The molecule has 3 unspecified atom stereocenters. The molecule has 2 N–H and O–H groups in total. The van der Waals surface area contributed by atoms with Crippen LogP contribution in [0.5, 0.6) is 5.75 Å². The summed E-state index contributed by atoms with van der Waals surface area (Å²) >= 11 is 0. The SMILES string of the molecule is NC1CCC2CN(C(=O)CCCOc3ccccc3F)CC12. The largest absolute Gasteiger partial charge is 0.491 e. The highest BCUT2D eigenvalue weighted by atomic mass is 19.1. The predicted molar refractivity (Wildman–Crippen MR) is 81.9 cm³/mol. The number of para-hydroxylation sites is 1. The Morgan fingerprint density at radius 3 is 2.91 bits per heavy atom. The molecule has 3 rings (SSSR count). The van der Waals surface area contributed by atoms with Gasteiger partial charge in [-0.05, 0) is 43.2 Å². The van der Waals surface area contributed by atoms with E-state index in [1.165, 1.54) is 6.07 Å². The molecule has 1 saturated heterocycles. The Morgan fingerprint density at radius 1 is 1.32 bits per heavy atom. The monoisotopic (exact) mass is 306 g/mol. The van der Waals surface area contributed by atoms with Gasteiger partial charge in [-0.25, -0.2) is 4.39 Å². The molecule has 0 radical (unpaired) electrons. The first-order chi connectivity index (χ1) is 10.6. The van der Waals surface area contributed by atoms with Crippen LogP contribution in [0.2, 0.25) is 0 Å². The van der Waals surface area contributed by atoms with Crippen molar-refractivity contribution in [2.24, 2.45) is 17.6 Å². The van der Waals surface area contributed by atoms with Crippen LogP contribution in [0.15, 0.2) is 24.3 Å². The molecule has 1 amide bonds. The lowest BCUT2D eigenvalue weighted by molar-refractivity contribution is -0.130. The van der Waals surface area contributed by atoms with Crippen molar-refractivity contribution in [2.45, 2.75) is 31.7 Å². The zero-order valence-electron chi connectivity index (χ0n) is 12.7. The summed E-state index contributed by atoms with van der Waals surface area (Å²) in [5.74, 6) is 1.12. The normalized spacial score (nSPS) is 27.0. The molecule has 3 atom stereocenters. The van der Waals surface area contributed by atoms with E-state index in [0.717, 1.165) is 25.9 Å². The van der Waals surface area contributed by atoms with Gasteiger partial charge in [0.25, 0.3) is 0 Å². The van der Waals surface area contributed by atoms with Crippen molar-refractivity contribution in [3.8, 4) is 5.75 Å². The van der Waals surface area contributed by atoms with Gasteiger partial charge in [-0.3, -0.25) is 4.79 Å². The number of ether oxygens (including phenoxy) is 1. The van der Waals surface area contributed by atoms with Crippen molar-refractivity contribution in [3.05, 3.63) is 30.1 Å². The highest BCUT2D eigenvalue weighted by molar-refractivity contribution is 5.76. The van der Waals surface area contributed by atoms with E-state index in [4.69, 9.17) is 10.5 Å². The van der Waals surface area contributed by atoms with Crippen molar-refractivity contribution in [3.63, 3.8) is 0 Å². The molecule has 1 aromatic rings. The summed E-state index contributed by atoms with van der Waals surface area (Å²) in [5.41, 5.74) is 6.09. The number of nitrogens with two attached hydrogens (primary N) is 1. The van der Waals surface area contributed by atoms with Gasteiger partial charge in [0.1, 0.15) is 0 Å². The van der Waals surface area contributed by atoms with Crippen LogP contribution in [0.25, 0.3) is 0 Å². The smallest absolute Gasteiger partial charge is 0.222 e. The molecule has 4 nitrogen and oxygen atoms in total. The molecule has 0 bridgehead atoms. The maximum atomic E-state index is 13.4. The van der Waals surface area contributed by atoms with E-state index >= 15 is 0 Å². The lowest BCUT2D eigenvalue weighted by Gasteiger charge is -2.18. The predicted octanol–water partition coefficient (Wildman–Crippen LogP) is 2.18. The third kappa shape index (κ3) is 3.24. The standard InChI is InChI=1S/C17H23FN2O2/c18-14-4-1-2-5-16(14)22-9-3-6-17(21)20-10-12-7-8-15(19)13(12)11-20/h1-2,4-5,12-13,15H,3,6-11,19H2. The van der Waals surface area contributed by atoms with Crippen LogP contribution >= 0.6 is 0 Å². The van der Waals surface area contributed by atoms with E-state index in [1.54, 1.807) is 18.2 Å². The fourth-order valence-corrected chi connectivity index (χ4v) is 3.64. The van der Waals surface area contributed by atoms with Gasteiger partial charge >= 0.3 is 0 Å². The Kier molecular flexibility index (Phi) is 4.62. The van der Waals surface area contributed by atoms with E-state index < -0.39 is 0 Å². The summed E-state index contributed by atoms with van der Waals surface area (Å²) in [6.45, 7) is 2.01. The molecule has 1 aromatic carbocycles. The van der Waals surface area contributed by atoms with Crippen LogP contribution in [0.4, 0.5) is 4.39 Å². The van der Waals surface area contributed by atoms with E-state index in [1.807, 2.05) is 4.90 Å². The number of halogens is 1. The highest BCUT2D eigenvalue weighted by Gasteiger charge is 2.42. The van der Waals surface area contributed by atoms with Crippen LogP contribution in [-0.2, 0) is 4.79 Å². The first kappa shape index (κ1) is 15.3. The molecule has 2 fully saturated rings. The molecule has 5 heteroatoms. The molecule has 2 aliphatic rings. The topological polar surface area (TPSA) is 55.6 Å². The maximum absolute atomic E-state index is 13.4. The van der Waals surface area contributed by atoms with E-state index in [9.17, 15) is 9.18 Å². The number of hydrogen-bond acceptors (Lipinski definition) is 3.